The molecule has 0 atom stereocenters. The summed E-state index contributed by atoms with van der Waals surface area (Å²) in [5.74, 6) is 0. The Labute approximate surface area is 110 Å². The molecule has 2 N–H and O–H groups in total. The lowest BCUT2D eigenvalue weighted by Gasteiger charge is -2.41. The van der Waals surface area contributed by atoms with Gasteiger partial charge in [-0.2, -0.15) is 0 Å². The van der Waals surface area contributed by atoms with Crippen molar-refractivity contribution in [2.45, 2.75) is 57.5 Å². The van der Waals surface area contributed by atoms with E-state index in [1.807, 2.05) is 0 Å². The van der Waals surface area contributed by atoms with Crippen molar-refractivity contribution in [1.29, 1.82) is 0 Å². The van der Waals surface area contributed by atoms with Crippen LogP contribution in [0.5, 0.6) is 0 Å². The monoisotopic (exact) mass is 244 g/mol. The normalized spacial score (nSPS) is 28.0. The summed E-state index contributed by atoms with van der Waals surface area (Å²) in [6, 6.07) is 8.13. The second kappa shape index (κ2) is 4.93. The minimum Gasteiger partial charge on any atom is -0.368 e. The molecule has 0 unspecified atom stereocenters. The largest absolute Gasteiger partial charge is 0.368 e. The average molecular weight is 244 g/mol. The highest BCUT2D eigenvalue weighted by molar-refractivity contribution is 5.57. The molecule has 1 aliphatic heterocycles. The first kappa shape index (κ1) is 12.0. The van der Waals surface area contributed by atoms with Crippen molar-refractivity contribution < 1.29 is 0 Å². The molecule has 0 aromatic heterocycles. The summed E-state index contributed by atoms with van der Waals surface area (Å²) in [6.07, 6.45) is 7.49. The third-order valence-corrected chi connectivity index (χ3v) is 4.57. The molecule has 1 aromatic rings. The van der Waals surface area contributed by atoms with Gasteiger partial charge in [0.1, 0.15) is 0 Å². The second-order valence-electron chi connectivity index (χ2n) is 6.00. The molecule has 0 spiro atoms. The predicted molar refractivity (Wildman–Crippen MR) is 77.1 cm³/mol. The zero-order chi connectivity index (χ0) is 12.5. The number of hydrogen-bond donors (Lipinski definition) is 1. The van der Waals surface area contributed by atoms with Crippen LogP contribution >= 0.6 is 0 Å². The lowest BCUT2D eigenvalue weighted by molar-refractivity contribution is 0.371. The van der Waals surface area contributed by atoms with Crippen molar-refractivity contribution in [2.24, 2.45) is 5.73 Å². The fourth-order valence-electron chi connectivity index (χ4n) is 3.55. The number of aryl methyl sites for hydroxylation is 2. The maximum Gasteiger partial charge on any atom is 0.0401 e. The van der Waals surface area contributed by atoms with Gasteiger partial charge in [0.2, 0.25) is 0 Å². The highest BCUT2D eigenvalue weighted by Gasteiger charge is 2.27. The molecule has 1 aromatic carbocycles. The van der Waals surface area contributed by atoms with Crippen molar-refractivity contribution >= 4 is 5.69 Å². The van der Waals surface area contributed by atoms with E-state index in [2.05, 4.69) is 30.0 Å². The minimum atomic E-state index is 0.448. The van der Waals surface area contributed by atoms with Gasteiger partial charge < -0.3 is 10.6 Å². The fourth-order valence-corrected chi connectivity index (χ4v) is 3.55. The Balaban J connectivity index is 1.82. The van der Waals surface area contributed by atoms with E-state index in [0.29, 0.717) is 6.04 Å². The number of anilines is 1. The number of fused-ring (bicyclic) bond motifs is 1. The smallest absolute Gasteiger partial charge is 0.0401 e. The van der Waals surface area contributed by atoms with Gasteiger partial charge in [0.25, 0.3) is 0 Å². The Kier molecular flexibility index (Phi) is 3.29. The molecule has 1 fully saturated rings. The number of nitrogens with two attached hydrogens (primary N) is 1. The van der Waals surface area contributed by atoms with Crippen LogP contribution in [0.4, 0.5) is 5.69 Å². The summed E-state index contributed by atoms with van der Waals surface area (Å²) >= 11 is 0. The third-order valence-electron chi connectivity index (χ3n) is 4.57. The molecule has 2 aliphatic rings. The standard InChI is InChI=1S/C16H24N2/c1-12-4-9-16-13(11-12)3-2-10-18(16)15-7-5-14(17)6-8-15/h4,9,11,14-15H,2-3,5-8,10,17H2,1H3. The summed E-state index contributed by atoms with van der Waals surface area (Å²) in [6.45, 7) is 3.43. The quantitative estimate of drug-likeness (QED) is 0.823. The summed E-state index contributed by atoms with van der Waals surface area (Å²) in [4.78, 5) is 2.66. The van der Waals surface area contributed by atoms with Crippen LogP contribution in [0.25, 0.3) is 0 Å². The van der Waals surface area contributed by atoms with Crippen LogP contribution in [-0.2, 0) is 6.42 Å². The zero-order valence-corrected chi connectivity index (χ0v) is 11.4. The topological polar surface area (TPSA) is 29.3 Å². The third kappa shape index (κ3) is 2.26. The van der Waals surface area contributed by atoms with Gasteiger partial charge in [-0.15, -0.1) is 0 Å². The van der Waals surface area contributed by atoms with Gasteiger partial charge in [-0.25, -0.2) is 0 Å². The zero-order valence-electron chi connectivity index (χ0n) is 11.4. The van der Waals surface area contributed by atoms with E-state index in [0.717, 1.165) is 6.04 Å². The van der Waals surface area contributed by atoms with Crippen LogP contribution in [0.3, 0.4) is 0 Å². The SMILES string of the molecule is Cc1ccc2c(c1)CCCN2C1CCC(N)CC1. The first-order valence-corrected chi connectivity index (χ1v) is 7.36. The highest BCUT2D eigenvalue weighted by Crippen LogP contribution is 2.33. The Bertz CT molecular complexity index is 419. The molecule has 0 radical (unpaired) electrons. The molecule has 0 amide bonds. The van der Waals surface area contributed by atoms with E-state index in [9.17, 15) is 0 Å². The molecule has 98 valence electrons. The number of nitrogens with zero attached hydrogens (tertiary/aromatic N) is 1. The molecule has 3 rings (SSSR count). The van der Waals surface area contributed by atoms with Gasteiger partial charge in [0.05, 0.1) is 0 Å². The fraction of sp³-hybridized carbons (Fsp3) is 0.625. The van der Waals surface area contributed by atoms with Crippen LogP contribution in [-0.4, -0.2) is 18.6 Å². The second-order valence-corrected chi connectivity index (χ2v) is 6.00. The van der Waals surface area contributed by atoms with Crippen molar-refractivity contribution in [3.8, 4) is 0 Å². The maximum atomic E-state index is 6.02. The van der Waals surface area contributed by atoms with E-state index >= 15 is 0 Å². The lowest BCUT2D eigenvalue weighted by Crippen LogP contribution is -2.43. The molecular weight excluding hydrogens is 220 g/mol. The summed E-state index contributed by atoms with van der Waals surface area (Å²) in [5.41, 5.74) is 10.5. The Hall–Kier alpha value is -1.02. The van der Waals surface area contributed by atoms with Crippen LogP contribution in [0.1, 0.15) is 43.2 Å². The highest BCUT2D eigenvalue weighted by atomic mass is 15.2. The van der Waals surface area contributed by atoms with Gasteiger partial charge >= 0.3 is 0 Å². The Morgan fingerprint density at radius 3 is 2.72 bits per heavy atom. The van der Waals surface area contributed by atoms with Crippen LogP contribution in [0.2, 0.25) is 0 Å². The summed E-state index contributed by atoms with van der Waals surface area (Å²) in [7, 11) is 0. The van der Waals surface area contributed by atoms with Crippen molar-refractivity contribution in [3.63, 3.8) is 0 Å². The van der Waals surface area contributed by atoms with Gasteiger partial charge in [0.15, 0.2) is 0 Å². The number of benzene rings is 1. The van der Waals surface area contributed by atoms with Crippen molar-refractivity contribution in [2.75, 3.05) is 11.4 Å². The molecule has 18 heavy (non-hydrogen) atoms. The van der Waals surface area contributed by atoms with Crippen molar-refractivity contribution in [3.05, 3.63) is 29.3 Å². The molecule has 1 heterocycles. The summed E-state index contributed by atoms with van der Waals surface area (Å²) in [5, 5.41) is 0. The molecular formula is C16H24N2. The van der Waals surface area contributed by atoms with Gasteiger partial charge in [-0.05, 0) is 57.1 Å². The van der Waals surface area contributed by atoms with Crippen LogP contribution in [0.15, 0.2) is 18.2 Å². The number of hydrogen-bond acceptors (Lipinski definition) is 2. The Morgan fingerprint density at radius 1 is 1.17 bits per heavy atom. The summed E-state index contributed by atoms with van der Waals surface area (Å²) < 4.78 is 0. The van der Waals surface area contributed by atoms with Crippen LogP contribution in [0, 0.1) is 6.92 Å². The molecule has 0 saturated heterocycles. The molecule has 1 saturated carbocycles. The van der Waals surface area contributed by atoms with E-state index in [4.69, 9.17) is 5.73 Å². The van der Waals surface area contributed by atoms with Gasteiger partial charge in [-0.3, -0.25) is 0 Å². The molecule has 1 aliphatic carbocycles. The Morgan fingerprint density at radius 2 is 1.94 bits per heavy atom. The van der Waals surface area contributed by atoms with Gasteiger partial charge in [-0.1, -0.05) is 17.7 Å². The average Bonchev–Trinajstić information content (AvgIpc) is 2.38. The van der Waals surface area contributed by atoms with Crippen LogP contribution < -0.4 is 10.6 Å². The molecule has 2 heteroatoms. The number of rotatable bonds is 1. The molecule has 2 nitrogen and oxygen atoms in total. The first-order valence-electron chi connectivity index (χ1n) is 7.36. The van der Waals surface area contributed by atoms with E-state index in [1.165, 1.54) is 56.3 Å². The first-order chi connectivity index (χ1) is 8.74. The van der Waals surface area contributed by atoms with E-state index in [-0.39, 0.29) is 0 Å². The van der Waals surface area contributed by atoms with E-state index < -0.39 is 0 Å². The molecule has 0 bridgehead atoms. The van der Waals surface area contributed by atoms with Crippen molar-refractivity contribution in [1.82, 2.24) is 0 Å². The lowest BCUT2D eigenvalue weighted by atomic mass is 9.88. The van der Waals surface area contributed by atoms with Gasteiger partial charge in [0, 0.05) is 24.3 Å². The van der Waals surface area contributed by atoms with E-state index in [1.54, 1.807) is 5.56 Å². The minimum absolute atomic E-state index is 0.448. The maximum absolute atomic E-state index is 6.02. The predicted octanol–water partition coefficient (Wildman–Crippen LogP) is 3.02.